The van der Waals surface area contributed by atoms with Crippen molar-refractivity contribution < 1.29 is 14.3 Å². The van der Waals surface area contributed by atoms with Crippen molar-refractivity contribution in [2.24, 2.45) is 0 Å². The van der Waals surface area contributed by atoms with Crippen molar-refractivity contribution in [3.63, 3.8) is 0 Å². The number of halogens is 1. The van der Waals surface area contributed by atoms with Crippen LogP contribution in [0.1, 0.15) is 6.92 Å². The Hall–Kier alpha value is -2.53. The quantitative estimate of drug-likeness (QED) is 0.888. The van der Waals surface area contributed by atoms with Gasteiger partial charge >= 0.3 is 0 Å². The van der Waals surface area contributed by atoms with Crippen molar-refractivity contribution in [2.45, 2.75) is 6.92 Å². The maximum Gasteiger partial charge on any atom is 0.262 e. The van der Waals surface area contributed by atoms with E-state index in [2.05, 4.69) is 10.6 Å². The van der Waals surface area contributed by atoms with Crippen LogP contribution in [0.5, 0.6) is 5.75 Å². The van der Waals surface area contributed by atoms with Gasteiger partial charge in [-0.05, 0) is 24.3 Å². The van der Waals surface area contributed by atoms with Crippen LogP contribution in [0.4, 0.5) is 11.4 Å². The minimum absolute atomic E-state index is 0.158. The van der Waals surface area contributed by atoms with E-state index in [-0.39, 0.29) is 18.4 Å². The van der Waals surface area contributed by atoms with Gasteiger partial charge in [-0.15, -0.1) is 0 Å². The lowest BCUT2D eigenvalue weighted by molar-refractivity contribution is -0.118. The first-order chi connectivity index (χ1) is 10.5. The summed E-state index contributed by atoms with van der Waals surface area (Å²) in [7, 11) is 0. The van der Waals surface area contributed by atoms with Crippen LogP contribution in [-0.2, 0) is 9.59 Å². The molecule has 0 aromatic heterocycles. The summed E-state index contributed by atoms with van der Waals surface area (Å²) in [6, 6.07) is 13.8. The molecule has 114 valence electrons. The first-order valence-electron chi connectivity index (χ1n) is 6.59. The zero-order valence-corrected chi connectivity index (χ0v) is 12.7. The van der Waals surface area contributed by atoms with Gasteiger partial charge in [-0.2, -0.15) is 0 Å². The number of carbonyl (C=O) groups excluding carboxylic acids is 2. The standard InChI is InChI=1S/C16H15ClN2O3/c1-11(20)18-12-5-4-6-13(9-12)22-10-16(21)19-15-8-3-2-7-14(15)17/h2-9H,10H2,1H3,(H,18,20)(H,19,21). The maximum absolute atomic E-state index is 11.8. The molecule has 0 heterocycles. The third kappa shape index (κ3) is 4.79. The highest BCUT2D eigenvalue weighted by Gasteiger charge is 2.06. The van der Waals surface area contributed by atoms with Crippen LogP contribution in [0.2, 0.25) is 5.02 Å². The number of benzene rings is 2. The van der Waals surface area contributed by atoms with Crippen LogP contribution in [0.25, 0.3) is 0 Å². The zero-order chi connectivity index (χ0) is 15.9. The fourth-order valence-corrected chi connectivity index (χ4v) is 1.95. The zero-order valence-electron chi connectivity index (χ0n) is 11.9. The maximum atomic E-state index is 11.8. The molecule has 2 N–H and O–H groups in total. The van der Waals surface area contributed by atoms with Crippen molar-refractivity contribution >= 4 is 34.8 Å². The average molecular weight is 319 g/mol. The number of amides is 2. The molecule has 0 atom stereocenters. The van der Waals surface area contributed by atoms with Crippen LogP contribution in [0, 0.1) is 0 Å². The molecule has 0 aliphatic carbocycles. The lowest BCUT2D eigenvalue weighted by Gasteiger charge is -2.09. The first kappa shape index (κ1) is 15.9. The lowest BCUT2D eigenvalue weighted by Crippen LogP contribution is -2.20. The molecule has 0 saturated carbocycles. The van der Waals surface area contributed by atoms with Crippen LogP contribution >= 0.6 is 11.6 Å². The van der Waals surface area contributed by atoms with Crippen molar-refractivity contribution in [3.05, 3.63) is 53.6 Å². The van der Waals surface area contributed by atoms with Crippen LogP contribution in [0.15, 0.2) is 48.5 Å². The van der Waals surface area contributed by atoms with E-state index in [1.807, 2.05) is 0 Å². The van der Waals surface area contributed by atoms with Gasteiger partial charge in [-0.25, -0.2) is 0 Å². The Morgan fingerprint density at radius 3 is 2.59 bits per heavy atom. The third-order valence-corrected chi connectivity index (χ3v) is 3.00. The molecule has 0 unspecified atom stereocenters. The number of ether oxygens (including phenoxy) is 1. The Balaban J connectivity index is 1.91. The predicted octanol–water partition coefficient (Wildman–Crippen LogP) is 3.32. The van der Waals surface area contributed by atoms with Gasteiger partial charge in [0, 0.05) is 18.7 Å². The summed E-state index contributed by atoms with van der Waals surface area (Å²) in [6.45, 7) is 1.26. The number of carbonyl (C=O) groups is 2. The van der Waals surface area contributed by atoms with Gasteiger partial charge in [0.05, 0.1) is 10.7 Å². The number of rotatable bonds is 5. The molecule has 2 rings (SSSR count). The molecule has 2 amide bonds. The molecule has 0 spiro atoms. The van der Waals surface area contributed by atoms with E-state index < -0.39 is 0 Å². The minimum atomic E-state index is -0.321. The Labute approximate surface area is 133 Å². The van der Waals surface area contributed by atoms with Crippen molar-refractivity contribution in [3.8, 4) is 5.75 Å². The van der Waals surface area contributed by atoms with E-state index in [0.717, 1.165) is 0 Å². The Morgan fingerprint density at radius 1 is 1.09 bits per heavy atom. The van der Waals surface area contributed by atoms with E-state index in [4.69, 9.17) is 16.3 Å². The second-order valence-electron chi connectivity index (χ2n) is 4.53. The van der Waals surface area contributed by atoms with Gasteiger partial charge < -0.3 is 15.4 Å². The summed E-state index contributed by atoms with van der Waals surface area (Å²) >= 11 is 5.96. The molecule has 5 nitrogen and oxygen atoms in total. The molecule has 0 aliphatic heterocycles. The topological polar surface area (TPSA) is 67.4 Å². The van der Waals surface area contributed by atoms with E-state index in [0.29, 0.717) is 22.1 Å². The highest BCUT2D eigenvalue weighted by Crippen LogP contribution is 2.21. The molecule has 0 radical (unpaired) electrons. The van der Waals surface area contributed by atoms with Crippen molar-refractivity contribution in [1.29, 1.82) is 0 Å². The number of para-hydroxylation sites is 1. The van der Waals surface area contributed by atoms with Crippen LogP contribution in [-0.4, -0.2) is 18.4 Å². The van der Waals surface area contributed by atoms with E-state index in [9.17, 15) is 9.59 Å². The molecule has 0 aliphatic rings. The SMILES string of the molecule is CC(=O)Nc1cccc(OCC(=O)Nc2ccccc2Cl)c1. The molecular weight excluding hydrogens is 304 g/mol. The van der Waals surface area contributed by atoms with Gasteiger partial charge in [-0.1, -0.05) is 29.8 Å². The summed E-state index contributed by atoms with van der Waals surface area (Å²) in [5.41, 5.74) is 1.14. The second-order valence-corrected chi connectivity index (χ2v) is 4.93. The van der Waals surface area contributed by atoms with Crippen LogP contribution < -0.4 is 15.4 Å². The number of nitrogens with one attached hydrogen (secondary N) is 2. The monoisotopic (exact) mass is 318 g/mol. The normalized spacial score (nSPS) is 9.91. The Bertz CT molecular complexity index is 689. The average Bonchev–Trinajstić information content (AvgIpc) is 2.47. The fraction of sp³-hybridized carbons (Fsp3) is 0.125. The highest BCUT2D eigenvalue weighted by molar-refractivity contribution is 6.33. The third-order valence-electron chi connectivity index (χ3n) is 2.67. The Kier molecular flexibility index (Phi) is 5.38. The van der Waals surface area contributed by atoms with Crippen LogP contribution in [0.3, 0.4) is 0 Å². The molecule has 2 aromatic rings. The molecule has 0 fully saturated rings. The largest absolute Gasteiger partial charge is 0.484 e. The van der Waals surface area contributed by atoms with Gasteiger partial charge in [0.25, 0.3) is 5.91 Å². The van der Waals surface area contributed by atoms with E-state index in [1.54, 1.807) is 48.5 Å². The molecular formula is C16H15ClN2O3. The lowest BCUT2D eigenvalue weighted by atomic mass is 10.3. The molecule has 0 saturated heterocycles. The fourth-order valence-electron chi connectivity index (χ4n) is 1.76. The minimum Gasteiger partial charge on any atom is -0.484 e. The van der Waals surface area contributed by atoms with E-state index >= 15 is 0 Å². The highest BCUT2D eigenvalue weighted by atomic mass is 35.5. The second kappa shape index (κ2) is 7.47. The van der Waals surface area contributed by atoms with Gasteiger partial charge in [0.1, 0.15) is 5.75 Å². The van der Waals surface area contributed by atoms with E-state index in [1.165, 1.54) is 6.92 Å². The summed E-state index contributed by atoms with van der Waals surface area (Å²) in [4.78, 5) is 22.8. The molecule has 0 bridgehead atoms. The van der Waals surface area contributed by atoms with Gasteiger partial charge in [0.2, 0.25) is 5.91 Å². The summed E-state index contributed by atoms with van der Waals surface area (Å²) in [5, 5.41) is 5.77. The molecule has 6 heteroatoms. The molecule has 2 aromatic carbocycles. The number of anilines is 2. The first-order valence-corrected chi connectivity index (χ1v) is 6.97. The smallest absolute Gasteiger partial charge is 0.262 e. The molecule has 22 heavy (non-hydrogen) atoms. The van der Waals surface area contributed by atoms with Crippen molar-refractivity contribution in [2.75, 3.05) is 17.2 Å². The van der Waals surface area contributed by atoms with Gasteiger partial charge in [-0.3, -0.25) is 9.59 Å². The van der Waals surface area contributed by atoms with Crippen molar-refractivity contribution in [1.82, 2.24) is 0 Å². The summed E-state index contributed by atoms with van der Waals surface area (Å²) < 4.78 is 5.40. The predicted molar refractivity (Wildman–Crippen MR) is 86.3 cm³/mol. The summed E-state index contributed by atoms with van der Waals surface area (Å²) in [5.74, 6) is -0.00722. The Morgan fingerprint density at radius 2 is 1.86 bits per heavy atom. The van der Waals surface area contributed by atoms with Gasteiger partial charge in [0.15, 0.2) is 6.61 Å². The number of hydrogen-bond donors (Lipinski definition) is 2. The summed E-state index contributed by atoms with van der Waals surface area (Å²) in [6.07, 6.45) is 0. The number of hydrogen-bond acceptors (Lipinski definition) is 3.